The molecule has 4 heteroatoms. The predicted octanol–water partition coefficient (Wildman–Crippen LogP) is 1.84. The highest BCUT2D eigenvalue weighted by Crippen LogP contribution is 2.24. The van der Waals surface area contributed by atoms with Gasteiger partial charge in [-0.3, -0.25) is 4.79 Å². The van der Waals surface area contributed by atoms with Crippen LogP contribution in [0.1, 0.15) is 38.4 Å². The summed E-state index contributed by atoms with van der Waals surface area (Å²) in [7, 11) is 0. The molecule has 1 fully saturated rings. The van der Waals surface area contributed by atoms with E-state index in [2.05, 4.69) is 10.2 Å². The maximum absolute atomic E-state index is 11.8. The maximum Gasteiger partial charge on any atom is 0.242 e. The highest BCUT2D eigenvalue weighted by atomic mass is 16.3. The van der Waals surface area contributed by atoms with Crippen LogP contribution < -0.4 is 10.2 Å². The number of benzene rings is 1. The van der Waals surface area contributed by atoms with E-state index in [9.17, 15) is 9.90 Å². The lowest BCUT2D eigenvalue weighted by Gasteiger charge is -2.36. The molecule has 0 aliphatic carbocycles. The topological polar surface area (TPSA) is 52.6 Å². The van der Waals surface area contributed by atoms with Crippen molar-refractivity contribution in [3.05, 3.63) is 29.8 Å². The minimum atomic E-state index is -0.402. The van der Waals surface area contributed by atoms with Crippen molar-refractivity contribution >= 4 is 11.6 Å². The van der Waals surface area contributed by atoms with Gasteiger partial charge in [-0.25, -0.2) is 0 Å². The van der Waals surface area contributed by atoms with Crippen LogP contribution in [-0.4, -0.2) is 30.1 Å². The van der Waals surface area contributed by atoms with Gasteiger partial charge in [-0.2, -0.15) is 0 Å². The quantitative estimate of drug-likeness (QED) is 0.870. The molecule has 2 atom stereocenters. The lowest BCUT2D eigenvalue weighted by atomic mass is 10.0. The van der Waals surface area contributed by atoms with Crippen molar-refractivity contribution in [2.75, 3.05) is 18.0 Å². The minimum absolute atomic E-state index is 0.0873. The zero-order valence-electron chi connectivity index (χ0n) is 11.6. The van der Waals surface area contributed by atoms with Crippen molar-refractivity contribution in [1.82, 2.24) is 5.32 Å². The van der Waals surface area contributed by atoms with E-state index in [1.165, 1.54) is 0 Å². The summed E-state index contributed by atoms with van der Waals surface area (Å²) in [5.41, 5.74) is 1.98. The first-order chi connectivity index (χ1) is 9.17. The molecule has 2 N–H and O–H groups in total. The van der Waals surface area contributed by atoms with Gasteiger partial charge < -0.3 is 15.3 Å². The molecule has 1 saturated heterocycles. The number of aliphatic hydroxyl groups is 1. The van der Waals surface area contributed by atoms with Gasteiger partial charge in [0.2, 0.25) is 5.91 Å². The van der Waals surface area contributed by atoms with Crippen molar-refractivity contribution in [3.63, 3.8) is 0 Å². The van der Waals surface area contributed by atoms with E-state index < -0.39 is 6.10 Å². The molecular formula is C15H22N2O2. The summed E-state index contributed by atoms with van der Waals surface area (Å²) >= 11 is 0. The summed E-state index contributed by atoms with van der Waals surface area (Å²) in [5.74, 6) is 0.103. The number of rotatable bonds is 4. The van der Waals surface area contributed by atoms with Gasteiger partial charge in [0, 0.05) is 18.8 Å². The van der Waals surface area contributed by atoms with E-state index in [0.29, 0.717) is 13.0 Å². The normalized spacial score (nSPS) is 21.1. The summed E-state index contributed by atoms with van der Waals surface area (Å²) in [6, 6.07) is 7.80. The van der Waals surface area contributed by atoms with Crippen molar-refractivity contribution in [1.29, 1.82) is 0 Å². The molecule has 0 saturated carbocycles. The average molecular weight is 262 g/mol. The Balaban J connectivity index is 2.18. The first-order valence-corrected chi connectivity index (χ1v) is 6.99. The van der Waals surface area contributed by atoms with E-state index in [-0.39, 0.29) is 11.9 Å². The summed E-state index contributed by atoms with van der Waals surface area (Å²) in [4.78, 5) is 14.0. The predicted molar refractivity (Wildman–Crippen MR) is 76.1 cm³/mol. The molecule has 0 radical (unpaired) electrons. The van der Waals surface area contributed by atoms with Crippen LogP contribution in [0.2, 0.25) is 0 Å². The molecule has 4 nitrogen and oxygen atoms in total. The molecule has 1 heterocycles. The minimum Gasteiger partial charge on any atom is -0.388 e. The molecule has 1 aliphatic rings. The second-order valence-corrected chi connectivity index (χ2v) is 4.92. The second-order valence-electron chi connectivity index (χ2n) is 4.92. The Labute approximate surface area is 114 Å². The molecule has 1 aromatic carbocycles. The van der Waals surface area contributed by atoms with Crippen LogP contribution in [0.15, 0.2) is 24.3 Å². The summed E-state index contributed by atoms with van der Waals surface area (Å²) < 4.78 is 0. The highest BCUT2D eigenvalue weighted by molar-refractivity contribution is 5.86. The maximum atomic E-state index is 11.8. The van der Waals surface area contributed by atoms with E-state index in [1.54, 1.807) is 0 Å². The summed E-state index contributed by atoms with van der Waals surface area (Å²) in [6.45, 7) is 5.51. The van der Waals surface area contributed by atoms with E-state index >= 15 is 0 Å². The summed E-state index contributed by atoms with van der Waals surface area (Å²) in [5, 5.41) is 12.7. The average Bonchev–Trinajstić information content (AvgIpc) is 2.46. The Hall–Kier alpha value is -1.55. The van der Waals surface area contributed by atoms with Crippen molar-refractivity contribution in [2.45, 2.75) is 38.8 Å². The molecule has 1 unspecified atom stereocenters. The molecular weight excluding hydrogens is 240 g/mol. The Kier molecular flexibility index (Phi) is 4.43. The van der Waals surface area contributed by atoms with E-state index in [0.717, 1.165) is 24.2 Å². The summed E-state index contributed by atoms with van der Waals surface area (Å²) in [6.07, 6.45) is 1.11. The number of anilines is 1. The Morgan fingerprint density at radius 2 is 2.05 bits per heavy atom. The molecule has 1 amide bonds. The van der Waals surface area contributed by atoms with E-state index in [4.69, 9.17) is 0 Å². The third kappa shape index (κ3) is 2.89. The number of piperazine rings is 1. The zero-order chi connectivity index (χ0) is 13.8. The second kappa shape index (κ2) is 6.06. The lowest BCUT2D eigenvalue weighted by Crippen LogP contribution is -2.55. The van der Waals surface area contributed by atoms with E-state index in [1.807, 2.05) is 38.1 Å². The molecule has 2 rings (SSSR count). The number of carbonyl (C=O) groups is 1. The molecule has 19 heavy (non-hydrogen) atoms. The molecule has 0 bridgehead atoms. The Bertz CT molecular complexity index is 430. The zero-order valence-corrected chi connectivity index (χ0v) is 11.6. The van der Waals surface area contributed by atoms with Gasteiger partial charge in [-0.1, -0.05) is 26.0 Å². The fraction of sp³-hybridized carbons (Fsp3) is 0.533. The van der Waals surface area contributed by atoms with Crippen molar-refractivity contribution < 1.29 is 9.90 Å². The fourth-order valence-electron chi connectivity index (χ4n) is 2.55. The number of nitrogens with zero attached hydrogens (tertiary/aromatic N) is 1. The van der Waals surface area contributed by atoms with Gasteiger partial charge in [-0.15, -0.1) is 0 Å². The SMILES string of the molecule is CCC1C(=O)NCCN1c1ccc([C@H](O)CC)cc1. The number of carbonyl (C=O) groups excluding carboxylic acids is 1. The Morgan fingerprint density at radius 1 is 1.37 bits per heavy atom. The van der Waals surface area contributed by atoms with Gasteiger partial charge in [0.1, 0.15) is 6.04 Å². The largest absolute Gasteiger partial charge is 0.388 e. The van der Waals surface area contributed by atoms with Gasteiger partial charge in [0.05, 0.1) is 6.10 Å². The standard InChI is InChI=1S/C15H22N2O2/c1-3-13-15(19)16-9-10-17(13)12-7-5-11(6-8-12)14(18)4-2/h5-8,13-14,18H,3-4,9-10H2,1-2H3,(H,16,19)/t13?,14-/m1/s1. The van der Waals surface area contributed by atoms with Gasteiger partial charge in [0.25, 0.3) is 0 Å². The molecule has 104 valence electrons. The number of hydrogen-bond acceptors (Lipinski definition) is 3. The lowest BCUT2D eigenvalue weighted by molar-refractivity contribution is -0.123. The van der Waals surface area contributed by atoms with Gasteiger partial charge in [-0.05, 0) is 30.5 Å². The number of nitrogens with one attached hydrogen (secondary N) is 1. The first-order valence-electron chi connectivity index (χ1n) is 6.99. The molecule has 0 aromatic heterocycles. The molecule has 0 spiro atoms. The van der Waals surface area contributed by atoms with Gasteiger partial charge >= 0.3 is 0 Å². The van der Waals surface area contributed by atoms with Crippen LogP contribution in [0, 0.1) is 0 Å². The van der Waals surface area contributed by atoms with Crippen molar-refractivity contribution in [2.24, 2.45) is 0 Å². The van der Waals surface area contributed by atoms with Crippen molar-refractivity contribution in [3.8, 4) is 0 Å². The van der Waals surface area contributed by atoms with Crippen LogP contribution in [0.4, 0.5) is 5.69 Å². The monoisotopic (exact) mass is 262 g/mol. The number of aliphatic hydroxyl groups excluding tert-OH is 1. The fourth-order valence-corrected chi connectivity index (χ4v) is 2.55. The number of hydrogen-bond donors (Lipinski definition) is 2. The van der Waals surface area contributed by atoms with Crippen LogP contribution in [-0.2, 0) is 4.79 Å². The Morgan fingerprint density at radius 3 is 2.63 bits per heavy atom. The van der Waals surface area contributed by atoms with Crippen LogP contribution in [0.25, 0.3) is 0 Å². The third-order valence-electron chi connectivity index (χ3n) is 3.71. The van der Waals surface area contributed by atoms with Crippen LogP contribution in [0.5, 0.6) is 0 Å². The smallest absolute Gasteiger partial charge is 0.242 e. The third-order valence-corrected chi connectivity index (χ3v) is 3.71. The van der Waals surface area contributed by atoms with Crippen LogP contribution >= 0.6 is 0 Å². The van der Waals surface area contributed by atoms with Gasteiger partial charge in [0.15, 0.2) is 0 Å². The molecule has 1 aliphatic heterocycles. The van der Waals surface area contributed by atoms with Crippen LogP contribution in [0.3, 0.4) is 0 Å². The first kappa shape index (κ1) is 13.9. The molecule has 1 aromatic rings. The highest BCUT2D eigenvalue weighted by Gasteiger charge is 2.28. The number of amides is 1.